The van der Waals surface area contributed by atoms with Crippen molar-refractivity contribution in [2.45, 2.75) is 58.8 Å². The summed E-state index contributed by atoms with van der Waals surface area (Å²) in [6.45, 7) is 4.59. The maximum Gasteiger partial charge on any atom is -0.0317 e. The minimum absolute atomic E-state index is 1.25. The molecule has 0 rings (SSSR count). The van der Waals surface area contributed by atoms with Crippen molar-refractivity contribution >= 4 is 16.5 Å². The molecule has 0 aromatic rings. The Balaban J connectivity index is 2.76. The van der Waals surface area contributed by atoms with Gasteiger partial charge in [-0.15, -0.1) is 0 Å². The second kappa shape index (κ2) is 12.9. The quantitative estimate of drug-likeness (QED) is 0.358. The van der Waals surface area contributed by atoms with Crippen LogP contribution in [0.2, 0.25) is 0 Å². The van der Waals surface area contributed by atoms with E-state index < -0.39 is 0 Å². The summed E-state index contributed by atoms with van der Waals surface area (Å²) in [7, 11) is 2.53. The Morgan fingerprint density at radius 1 is 0.692 bits per heavy atom. The molecule has 2 unspecified atom stereocenters. The van der Waals surface area contributed by atoms with Crippen LogP contribution in [0, 0.1) is 0 Å². The van der Waals surface area contributed by atoms with Gasteiger partial charge in [0.15, 0.2) is 0 Å². The lowest BCUT2D eigenvalue weighted by Gasteiger charge is -2.01. The largest absolute Gasteiger partial charge is 0.0995 e. The molecule has 0 bridgehead atoms. The van der Waals surface area contributed by atoms with Crippen LogP contribution in [0.3, 0.4) is 0 Å². The third-order valence-electron chi connectivity index (χ3n) is 2.21. The Morgan fingerprint density at radius 3 is 1.92 bits per heavy atom. The lowest BCUT2D eigenvalue weighted by molar-refractivity contribution is 0.603. The first-order valence-electron chi connectivity index (χ1n) is 5.87. The molecule has 0 aliphatic heterocycles. The Kier molecular flexibility index (Phi) is 13.7. The van der Waals surface area contributed by atoms with Gasteiger partial charge in [0.25, 0.3) is 0 Å². The van der Waals surface area contributed by atoms with Gasteiger partial charge in [0, 0.05) is 0 Å². The fraction of sp³-hybridized carbons (Fsp3) is 1.00. The molecular weight excluding hydrogens is 194 g/mol. The van der Waals surface area contributed by atoms with Gasteiger partial charge in [0.05, 0.1) is 0 Å². The van der Waals surface area contributed by atoms with Crippen molar-refractivity contribution in [3.8, 4) is 0 Å². The Labute approximate surface area is 88.1 Å². The van der Waals surface area contributed by atoms with Gasteiger partial charge in [0.2, 0.25) is 0 Å². The van der Waals surface area contributed by atoms with Crippen molar-refractivity contribution in [2.24, 2.45) is 0 Å². The predicted octanol–water partition coefficient (Wildman–Crippen LogP) is 5.03. The van der Waals surface area contributed by atoms with E-state index in [9.17, 15) is 0 Å². The molecule has 0 aromatic heterocycles. The average molecular weight is 220 g/mol. The lowest BCUT2D eigenvalue weighted by Crippen LogP contribution is -1.80. The topological polar surface area (TPSA) is 0 Å². The molecule has 0 aliphatic carbocycles. The van der Waals surface area contributed by atoms with Crippen LogP contribution in [-0.4, -0.2) is 12.3 Å². The molecule has 0 spiro atoms. The minimum atomic E-state index is 1.25. The summed E-state index contributed by atoms with van der Waals surface area (Å²) >= 11 is 0. The molecule has 0 aliphatic rings. The van der Waals surface area contributed by atoms with Gasteiger partial charge >= 0.3 is 0 Å². The minimum Gasteiger partial charge on any atom is -0.0995 e. The van der Waals surface area contributed by atoms with Crippen molar-refractivity contribution in [1.29, 1.82) is 0 Å². The van der Waals surface area contributed by atoms with Crippen LogP contribution < -0.4 is 0 Å². The standard InChI is InChI=1S/C11H26P2/c1-3-5-6-7-8-9-10-11-13-12-4-2/h12-13H,3-11H2,1-2H3. The first kappa shape index (κ1) is 13.9. The molecule has 0 N–H and O–H groups in total. The normalized spacial score (nSPS) is 12.5. The molecule has 13 heavy (non-hydrogen) atoms. The maximum atomic E-state index is 2.30. The van der Waals surface area contributed by atoms with Gasteiger partial charge in [-0.2, -0.15) is 0 Å². The molecule has 0 heterocycles. The van der Waals surface area contributed by atoms with Gasteiger partial charge in [0.1, 0.15) is 0 Å². The van der Waals surface area contributed by atoms with Crippen molar-refractivity contribution in [3.63, 3.8) is 0 Å². The van der Waals surface area contributed by atoms with Crippen molar-refractivity contribution in [2.75, 3.05) is 12.3 Å². The first-order valence-corrected chi connectivity index (χ1v) is 9.29. The van der Waals surface area contributed by atoms with E-state index in [1.54, 1.807) is 0 Å². The van der Waals surface area contributed by atoms with Crippen LogP contribution in [-0.2, 0) is 0 Å². The number of rotatable bonds is 10. The molecule has 80 valence electrons. The molecule has 2 heteroatoms. The van der Waals surface area contributed by atoms with Gasteiger partial charge in [-0.25, -0.2) is 0 Å². The summed E-state index contributed by atoms with van der Waals surface area (Å²) in [5.41, 5.74) is 0. The zero-order valence-electron chi connectivity index (χ0n) is 9.36. The monoisotopic (exact) mass is 220 g/mol. The third-order valence-corrected chi connectivity index (χ3v) is 5.97. The van der Waals surface area contributed by atoms with Gasteiger partial charge in [-0.1, -0.05) is 68.9 Å². The summed E-state index contributed by atoms with van der Waals surface area (Å²) in [5, 5.41) is 0. The van der Waals surface area contributed by atoms with Crippen LogP contribution >= 0.6 is 16.5 Å². The summed E-state index contributed by atoms with van der Waals surface area (Å²) in [5.74, 6) is 0. The molecule has 0 saturated heterocycles. The summed E-state index contributed by atoms with van der Waals surface area (Å²) in [4.78, 5) is 0. The smallest absolute Gasteiger partial charge is 0.0317 e. The van der Waals surface area contributed by atoms with E-state index in [4.69, 9.17) is 0 Å². The molecule has 0 nitrogen and oxygen atoms in total. The Bertz CT molecular complexity index is 74.2. The van der Waals surface area contributed by atoms with Gasteiger partial charge < -0.3 is 0 Å². The van der Waals surface area contributed by atoms with Crippen molar-refractivity contribution in [1.82, 2.24) is 0 Å². The van der Waals surface area contributed by atoms with Crippen LogP contribution in [0.4, 0.5) is 0 Å². The van der Waals surface area contributed by atoms with Crippen LogP contribution in [0.1, 0.15) is 58.8 Å². The zero-order chi connectivity index (χ0) is 9.78. The fourth-order valence-corrected chi connectivity index (χ4v) is 4.05. The maximum absolute atomic E-state index is 2.30. The SMILES string of the molecule is CCCCCCCCCPPCC. The van der Waals surface area contributed by atoms with Crippen LogP contribution in [0.15, 0.2) is 0 Å². The number of hydrogen-bond acceptors (Lipinski definition) is 0. The highest BCUT2D eigenvalue weighted by atomic mass is 32.0. The average Bonchev–Trinajstić information content (AvgIpc) is 2.16. The summed E-state index contributed by atoms with van der Waals surface area (Å²) in [6.07, 6.45) is 13.2. The molecule has 2 atom stereocenters. The van der Waals surface area contributed by atoms with E-state index >= 15 is 0 Å². The van der Waals surface area contributed by atoms with E-state index in [0.29, 0.717) is 0 Å². The van der Waals surface area contributed by atoms with E-state index in [-0.39, 0.29) is 0 Å². The molecule has 0 radical (unpaired) electrons. The summed E-state index contributed by atoms with van der Waals surface area (Å²) < 4.78 is 0. The lowest BCUT2D eigenvalue weighted by atomic mass is 10.1. The fourth-order valence-electron chi connectivity index (χ4n) is 1.38. The predicted molar refractivity (Wildman–Crippen MR) is 70.0 cm³/mol. The van der Waals surface area contributed by atoms with E-state index in [0.717, 1.165) is 0 Å². The van der Waals surface area contributed by atoms with Crippen LogP contribution in [0.5, 0.6) is 0 Å². The van der Waals surface area contributed by atoms with Crippen molar-refractivity contribution in [3.05, 3.63) is 0 Å². The second-order valence-electron chi connectivity index (χ2n) is 3.58. The number of hydrogen-bond donors (Lipinski definition) is 0. The number of unbranched alkanes of at least 4 members (excludes halogenated alkanes) is 6. The van der Waals surface area contributed by atoms with Crippen LogP contribution in [0.25, 0.3) is 0 Å². The summed E-state index contributed by atoms with van der Waals surface area (Å²) in [6, 6.07) is 0. The molecular formula is C11H26P2. The van der Waals surface area contributed by atoms with Gasteiger partial charge in [-0.05, 0) is 18.7 Å². The Morgan fingerprint density at radius 2 is 1.31 bits per heavy atom. The Hall–Kier alpha value is 0.860. The van der Waals surface area contributed by atoms with Gasteiger partial charge in [-0.3, -0.25) is 0 Å². The third kappa shape index (κ3) is 12.9. The highest BCUT2D eigenvalue weighted by Crippen LogP contribution is 2.36. The zero-order valence-corrected chi connectivity index (χ0v) is 11.4. The molecule has 0 saturated carbocycles. The second-order valence-corrected chi connectivity index (χ2v) is 7.61. The molecule has 0 fully saturated rings. The highest BCUT2D eigenvalue weighted by Gasteiger charge is 1.90. The van der Waals surface area contributed by atoms with E-state index in [1.807, 2.05) is 0 Å². The van der Waals surface area contributed by atoms with E-state index in [1.165, 1.54) is 73.8 Å². The van der Waals surface area contributed by atoms with E-state index in [2.05, 4.69) is 13.8 Å². The highest BCUT2D eigenvalue weighted by molar-refractivity contribution is 8.11. The molecule has 0 amide bonds. The molecule has 0 aromatic carbocycles. The van der Waals surface area contributed by atoms with Crippen molar-refractivity contribution < 1.29 is 0 Å². The first-order chi connectivity index (χ1) is 6.41.